The van der Waals surface area contributed by atoms with Crippen molar-refractivity contribution in [3.8, 4) is 0 Å². The van der Waals surface area contributed by atoms with Gasteiger partial charge in [0.25, 0.3) is 0 Å². The van der Waals surface area contributed by atoms with E-state index in [2.05, 4.69) is 16.0 Å². The topological polar surface area (TPSA) is 87.3 Å². The molecule has 4 amide bonds. The Balaban J connectivity index is 2.41. The third kappa shape index (κ3) is 3.57. The maximum atomic E-state index is 11.3. The number of hydrogen-bond acceptors (Lipinski definition) is 3. The highest BCUT2D eigenvalue weighted by molar-refractivity contribution is 6.01. The first kappa shape index (κ1) is 11.5. The molecule has 1 unspecified atom stereocenters. The molecule has 3 N–H and O–H groups in total. The lowest BCUT2D eigenvalue weighted by molar-refractivity contribution is -0.134. The van der Waals surface area contributed by atoms with E-state index in [1.54, 1.807) is 0 Å². The summed E-state index contributed by atoms with van der Waals surface area (Å²) in [5, 5.41) is 7.28. The second kappa shape index (κ2) is 4.77. The van der Waals surface area contributed by atoms with Crippen LogP contribution in [0.3, 0.4) is 0 Å². The smallest absolute Gasteiger partial charge is 0.315 e. The number of urea groups is 1. The first-order valence-electron chi connectivity index (χ1n) is 4.89. The molecule has 0 aliphatic carbocycles. The Morgan fingerprint density at radius 1 is 1.47 bits per heavy atom. The molecule has 1 aliphatic rings. The number of hydrogen-bond donors (Lipinski definition) is 3. The van der Waals surface area contributed by atoms with Crippen LogP contribution in [-0.2, 0) is 9.59 Å². The number of imide groups is 1. The van der Waals surface area contributed by atoms with Crippen molar-refractivity contribution < 1.29 is 14.4 Å². The van der Waals surface area contributed by atoms with Gasteiger partial charge in [0.15, 0.2) is 0 Å². The molecule has 0 bridgehead atoms. The third-order valence-electron chi connectivity index (χ3n) is 1.96. The van der Waals surface area contributed by atoms with Crippen LogP contribution < -0.4 is 16.0 Å². The Labute approximate surface area is 87.8 Å². The summed E-state index contributed by atoms with van der Waals surface area (Å²) in [5.41, 5.74) is 0. The summed E-state index contributed by atoms with van der Waals surface area (Å²) in [7, 11) is 0. The molecular formula is C9H15N3O3. The van der Waals surface area contributed by atoms with E-state index in [1.807, 2.05) is 13.8 Å². The molecule has 15 heavy (non-hydrogen) atoms. The van der Waals surface area contributed by atoms with Gasteiger partial charge in [-0.1, -0.05) is 0 Å². The van der Waals surface area contributed by atoms with E-state index in [0.29, 0.717) is 6.42 Å². The van der Waals surface area contributed by atoms with E-state index >= 15 is 0 Å². The van der Waals surface area contributed by atoms with Gasteiger partial charge in [0, 0.05) is 12.5 Å². The molecule has 0 saturated carbocycles. The second-order valence-corrected chi connectivity index (χ2v) is 3.78. The van der Waals surface area contributed by atoms with Gasteiger partial charge in [0.1, 0.15) is 6.04 Å². The summed E-state index contributed by atoms with van der Waals surface area (Å²) in [6.07, 6.45) is 0.620. The van der Waals surface area contributed by atoms with E-state index in [9.17, 15) is 14.4 Å². The Bertz CT molecular complexity index is 288. The van der Waals surface area contributed by atoms with E-state index in [4.69, 9.17) is 0 Å². The van der Waals surface area contributed by atoms with E-state index in [-0.39, 0.29) is 24.4 Å². The number of piperidine rings is 1. The molecule has 1 fully saturated rings. The van der Waals surface area contributed by atoms with Crippen molar-refractivity contribution in [1.82, 2.24) is 16.0 Å². The van der Waals surface area contributed by atoms with E-state index in [0.717, 1.165) is 0 Å². The fraction of sp³-hybridized carbons (Fsp3) is 0.667. The molecule has 6 nitrogen and oxygen atoms in total. The van der Waals surface area contributed by atoms with Gasteiger partial charge >= 0.3 is 6.03 Å². The monoisotopic (exact) mass is 213 g/mol. The van der Waals surface area contributed by atoms with Gasteiger partial charge in [-0.25, -0.2) is 4.79 Å². The van der Waals surface area contributed by atoms with Crippen molar-refractivity contribution in [3.05, 3.63) is 0 Å². The van der Waals surface area contributed by atoms with Gasteiger partial charge < -0.3 is 10.6 Å². The lowest BCUT2D eigenvalue weighted by Crippen LogP contribution is -2.55. The molecule has 6 heteroatoms. The van der Waals surface area contributed by atoms with Crippen molar-refractivity contribution in [2.45, 2.75) is 38.8 Å². The minimum Gasteiger partial charge on any atom is -0.336 e. The first-order chi connectivity index (χ1) is 6.99. The summed E-state index contributed by atoms with van der Waals surface area (Å²) in [5.74, 6) is -0.729. The highest BCUT2D eigenvalue weighted by Gasteiger charge is 2.27. The van der Waals surface area contributed by atoms with Crippen LogP contribution in [0.2, 0.25) is 0 Å². The lowest BCUT2D eigenvalue weighted by Gasteiger charge is -2.22. The van der Waals surface area contributed by atoms with Crippen molar-refractivity contribution in [1.29, 1.82) is 0 Å². The molecule has 1 rings (SSSR count). The van der Waals surface area contributed by atoms with Crippen molar-refractivity contribution in [3.63, 3.8) is 0 Å². The highest BCUT2D eigenvalue weighted by Crippen LogP contribution is 2.03. The number of rotatable bonds is 2. The number of nitrogens with one attached hydrogen (secondary N) is 3. The quantitative estimate of drug-likeness (QED) is 0.540. The molecule has 0 aromatic rings. The van der Waals surface area contributed by atoms with Gasteiger partial charge in [-0.15, -0.1) is 0 Å². The van der Waals surface area contributed by atoms with Crippen LogP contribution in [0.25, 0.3) is 0 Å². The maximum absolute atomic E-state index is 11.3. The summed E-state index contributed by atoms with van der Waals surface area (Å²) in [6.45, 7) is 3.65. The first-order valence-corrected chi connectivity index (χ1v) is 4.89. The van der Waals surface area contributed by atoms with Crippen LogP contribution in [-0.4, -0.2) is 29.9 Å². The van der Waals surface area contributed by atoms with E-state index < -0.39 is 11.9 Å². The van der Waals surface area contributed by atoms with Crippen molar-refractivity contribution in [2.24, 2.45) is 0 Å². The molecule has 1 saturated heterocycles. The summed E-state index contributed by atoms with van der Waals surface area (Å²) in [6, 6.07) is -0.987. The van der Waals surface area contributed by atoms with Gasteiger partial charge in [0.2, 0.25) is 11.8 Å². The molecule has 0 aromatic carbocycles. The third-order valence-corrected chi connectivity index (χ3v) is 1.96. The van der Waals surface area contributed by atoms with Crippen LogP contribution >= 0.6 is 0 Å². The molecule has 1 atom stereocenters. The molecule has 1 heterocycles. The minimum absolute atomic E-state index is 0.0123. The summed E-state index contributed by atoms with van der Waals surface area (Å²) in [4.78, 5) is 33.3. The Kier molecular flexibility index (Phi) is 3.65. The molecule has 0 spiro atoms. The molecule has 0 aromatic heterocycles. The number of carbonyl (C=O) groups excluding carboxylic acids is 3. The van der Waals surface area contributed by atoms with Crippen LogP contribution in [0.4, 0.5) is 4.79 Å². The Hall–Kier alpha value is -1.59. The van der Waals surface area contributed by atoms with Gasteiger partial charge in [-0.2, -0.15) is 0 Å². The zero-order valence-corrected chi connectivity index (χ0v) is 8.79. The molecule has 84 valence electrons. The zero-order valence-electron chi connectivity index (χ0n) is 8.79. The van der Waals surface area contributed by atoms with Crippen LogP contribution in [0.5, 0.6) is 0 Å². The highest BCUT2D eigenvalue weighted by atomic mass is 16.2. The lowest BCUT2D eigenvalue weighted by atomic mass is 10.1. The predicted octanol–water partition coefficient (Wildman–Crippen LogP) is -0.501. The Morgan fingerprint density at radius 2 is 2.13 bits per heavy atom. The summed E-state index contributed by atoms with van der Waals surface area (Å²) >= 11 is 0. The van der Waals surface area contributed by atoms with Crippen molar-refractivity contribution >= 4 is 17.8 Å². The minimum atomic E-state index is -0.610. The fourth-order valence-corrected chi connectivity index (χ4v) is 1.29. The average Bonchev–Trinajstić information content (AvgIpc) is 2.08. The molecular weight excluding hydrogens is 198 g/mol. The standard InChI is InChI=1S/C9H15N3O3/c1-5(2)10-9(15)11-6-3-4-7(13)12-8(6)14/h5-6H,3-4H2,1-2H3,(H2,10,11,15)(H,12,13,14). The SMILES string of the molecule is CC(C)NC(=O)NC1CCC(=O)NC1=O. The Morgan fingerprint density at radius 3 is 2.67 bits per heavy atom. The summed E-state index contributed by atoms with van der Waals surface area (Å²) < 4.78 is 0. The molecule has 0 radical (unpaired) electrons. The maximum Gasteiger partial charge on any atom is 0.315 e. The van der Waals surface area contributed by atoms with Gasteiger partial charge in [0.05, 0.1) is 0 Å². The van der Waals surface area contributed by atoms with Crippen LogP contribution in [0.1, 0.15) is 26.7 Å². The van der Waals surface area contributed by atoms with Crippen molar-refractivity contribution in [2.75, 3.05) is 0 Å². The molecule has 1 aliphatic heterocycles. The van der Waals surface area contributed by atoms with Crippen LogP contribution in [0.15, 0.2) is 0 Å². The predicted molar refractivity (Wildman–Crippen MR) is 53.0 cm³/mol. The van der Waals surface area contributed by atoms with Crippen LogP contribution in [0, 0.1) is 0 Å². The second-order valence-electron chi connectivity index (χ2n) is 3.78. The fourth-order valence-electron chi connectivity index (χ4n) is 1.29. The number of carbonyl (C=O) groups is 3. The largest absolute Gasteiger partial charge is 0.336 e. The van der Waals surface area contributed by atoms with Gasteiger partial charge in [-0.05, 0) is 20.3 Å². The normalized spacial score (nSPS) is 21.1. The van der Waals surface area contributed by atoms with Gasteiger partial charge in [-0.3, -0.25) is 14.9 Å². The number of amides is 4. The average molecular weight is 213 g/mol. The zero-order chi connectivity index (χ0) is 11.4. The van der Waals surface area contributed by atoms with E-state index in [1.165, 1.54) is 0 Å².